The minimum atomic E-state index is -0.174. The van der Waals surface area contributed by atoms with E-state index in [1.165, 1.54) is 0 Å². The van der Waals surface area contributed by atoms with Crippen LogP contribution in [0.1, 0.15) is 21.1 Å². The molecule has 5 aromatic rings. The van der Waals surface area contributed by atoms with Crippen LogP contribution in [-0.2, 0) is 13.0 Å². The van der Waals surface area contributed by atoms with E-state index >= 15 is 0 Å². The lowest BCUT2D eigenvalue weighted by atomic mass is 10.2. The molecule has 0 aliphatic carbocycles. The number of hydrogen-bond donors (Lipinski definition) is 1. The molecule has 2 aromatic heterocycles. The fraction of sp³-hybridized carbons (Fsp3) is 0.125. The van der Waals surface area contributed by atoms with Gasteiger partial charge in [-0.15, -0.1) is 11.3 Å². The summed E-state index contributed by atoms with van der Waals surface area (Å²) in [4.78, 5) is 17.5. The molecule has 0 bridgehead atoms. The van der Waals surface area contributed by atoms with Gasteiger partial charge in [0.05, 0.1) is 27.3 Å². The van der Waals surface area contributed by atoms with E-state index in [4.69, 9.17) is 11.6 Å². The van der Waals surface area contributed by atoms with Gasteiger partial charge in [0.2, 0.25) is 0 Å². The first-order valence-electron chi connectivity index (χ1n) is 10.00. The molecule has 2 heterocycles. The van der Waals surface area contributed by atoms with Gasteiger partial charge < -0.3 is 5.32 Å². The first-order chi connectivity index (χ1) is 15.2. The molecular formula is C24H19ClN4OS. The zero-order valence-corrected chi connectivity index (χ0v) is 18.2. The number of nitrogens with zero attached hydrogens (tertiary/aromatic N) is 3. The number of aromatic nitrogens is 3. The van der Waals surface area contributed by atoms with Crippen LogP contribution in [0, 0.1) is 0 Å². The van der Waals surface area contributed by atoms with Crippen LogP contribution in [0.5, 0.6) is 0 Å². The van der Waals surface area contributed by atoms with Crippen molar-refractivity contribution < 1.29 is 4.79 Å². The molecule has 0 atom stereocenters. The van der Waals surface area contributed by atoms with Gasteiger partial charge in [-0.2, -0.15) is 5.10 Å². The Balaban J connectivity index is 1.32. The molecule has 154 valence electrons. The molecule has 7 heteroatoms. The maximum Gasteiger partial charge on any atom is 0.272 e. The van der Waals surface area contributed by atoms with Gasteiger partial charge in [-0.05, 0) is 35.9 Å². The number of carbonyl (C=O) groups excluding carboxylic acids is 1. The molecule has 31 heavy (non-hydrogen) atoms. The summed E-state index contributed by atoms with van der Waals surface area (Å²) in [7, 11) is 0. The van der Waals surface area contributed by atoms with Crippen molar-refractivity contribution in [2.24, 2.45) is 0 Å². The molecule has 0 fully saturated rings. The predicted molar refractivity (Wildman–Crippen MR) is 126 cm³/mol. The zero-order valence-electron chi connectivity index (χ0n) is 16.6. The van der Waals surface area contributed by atoms with E-state index in [-0.39, 0.29) is 5.91 Å². The largest absolute Gasteiger partial charge is 0.350 e. The summed E-state index contributed by atoms with van der Waals surface area (Å²) < 4.78 is 3.02. The van der Waals surface area contributed by atoms with Gasteiger partial charge in [0.25, 0.3) is 5.91 Å². The van der Waals surface area contributed by atoms with Gasteiger partial charge in [0, 0.05) is 23.4 Å². The Morgan fingerprint density at radius 3 is 2.61 bits per heavy atom. The second-order valence-corrected chi connectivity index (χ2v) is 8.78. The lowest BCUT2D eigenvalue weighted by Crippen LogP contribution is -2.26. The third-order valence-corrected chi connectivity index (χ3v) is 6.43. The van der Waals surface area contributed by atoms with E-state index < -0.39 is 0 Å². The third kappa shape index (κ3) is 4.17. The van der Waals surface area contributed by atoms with E-state index in [0.29, 0.717) is 30.2 Å². The van der Waals surface area contributed by atoms with Gasteiger partial charge >= 0.3 is 0 Å². The summed E-state index contributed by atoms with van der Waals surface area (Å²) in [5, 5.41) is 10.2. The van der Waals surface area contributed by atoms with E-state index in [9.17, 15) is 4.79 Å². The number of thiazole rings is 1. The van der Waals surface area contributed by atoms with Crippen LogP contribution in [0.2, 0.25) is 5.02 Å². The van der Waals surface area contributed by atoms with Crippen molar-refractivity contribution in [1.82, 2.24) is 20.1 Å². The summed E-state index contributed by atoms with van der Waals surface area (Å²) in [6.45, 7) is 1.08. The van der Waals surface area contributed by atoms with Gasteiger partial charge in [0.1, 0.15) is 0 Å². The first kappa shape index (κ1) is 19.7. The van der Waals surface area contributed by atoms with Crippen molar-refractivity contribution in [2.45, 2.75) is 13.0 Å². The SMILES string of the molecule is O=C(NCCc1nc2ccccc2s1)c1nn(Cc2ccc(Cl)cc2)c2ccccc12. The molecule has 0 saturated carbocycles. The number of nitrogens with one attached hydrogen (secondary N) is 1. The lowest BCUT2D eigenvalue weighted by Gasteiger charge is -2.04. The van der Waals surface area contributed by atoms with Crippen LogP contribution in [0.4, 0.5) is 0 Å². The van der Waals surface area contributed by atoms with Crippen LogP contribution in [-0.4, -0.2) is 27.2 Å². The molecular weight excluding hydrogens is 428 g/mol. The Morgan fingerprint density at radius 2 is 1.77 bits per heavy atom. The van der Waals surface area contributed by atoms with Crippen molar-refractivity contribution in [3.63, 3.8) is 0 Å². The van der Waals surface area contributed by atoms with Crippen LogP contribution in [0.25, 0.3) is 21.1 Å². The minimum Gasteiger partial charge on any atom is -0.350 e. The average Bonchev–Trinajstić information content (AvgIpc) is 3.37. The monoisotopic (exact) mass is 446 g/mol. The number of carbonyl (C=O) groups is 1. The number of rotatable bonds is 6. The van der Waals surface area contributed by atoms with E-state index in [2.05, 4.69) is 21.5 Å². The highest BCUT2D eigenvalue weighted by Gasteiger charge is 2.17. The maximum absolute atomic E-state index is 12.9. The van der Waals surface area contributed by atoms with Gasteiger partial charge in [-0.3, -0.25) is 9.48 Å². The van der Waals surface area contributed by atoms with Gasteiger partial charge in [-0.25, -0.2) is 4.98 Å². The topological polar surface area (TPSA) is 59.8 Å². The molecule has 1 amide bonds. The molecule has 3 aromatic carbocycles. The highest BCUT2D eigenvalue weighted by molar-refractivity contribution is 7.18. The minimum absolute atomic E-state index is 0.174. The van der Waals surface area contributed by atoms with E-state index in [1.807, 2.05) is 71.4 Å². The van der Waals surface area contributed by atoms with E-state index in [1.54, 1.807) is 11.3 Å². The Morgan fingerprint density at radius 1 is 1.00 bits per heavy atom. The number of benzene rings is 3. The Bertz CT molecular complexity index is 1340. The molecule has 0 unspecified atom stereocenters. The molecule has 0 aliphatic rings. The average molecular weight is 447 g/mol. The van der Waals surface area contributed by atoms with Gasteiger partial charge in [0.15, 0.2) is 5.69 Å². The number of amides is 1. The summed E-state index contributed by atoms with van der Waals surface area (Å²) >= 11 is 7.65. The number of halogens is 1. The first-order valence-corrected chi connectivity index (χ1v) is 11.2. The fourth-order valence-electron chi connectivity index (χ4n) is 3.57. The summed E-state index contributed by atoms with van der Waals surface area (Å²) in [6.07, 6.45) is 0.689. The highest BCUT2D eigenvalue weighted by atomic mass is 35.5. The predicted octanol–water partition coefficient (Wildman–Crippen LogP) is 5.32. The molecule has 0 spiro atoms. The number of fused-ring (bicyclic) bond motifs is 2. The molecule has 5 rings (SSSR count). The quantitative estimate of drug-likeness (QED) is 0.384. The van der Waals surface area contributed by atoms with Crippen molar-refractivity contribution in [1.29, 1.82) is 0 Å². The molecule has 0 aliphatic heterocycles. The number of hydrogen-bond acceptors (Lipinski definition) is 4. The van der Waals surface area contributed by atoms with Crippen LogP contribution in [0.15, 0.2) is 72.8 Å². The second-order valence-electron chi connectivity index (χ2n) is 7.23. The summed E-state index contributed by atoms with van der Waals surface area (Å²) in [5.74, 6) is -0.174. The fourth-order valence-corrected chi connectivity index (χ4v) is 4.66. The molecule has 0 saturated heterocycles. The van der Waals surface area contributed by atoms with Crippen molar-refractivity contribution in [2.75, 3.05) is 6.54 Å². The molecule has 0 radical (unpaired) electrons. The van der Waals surface area contributed by atoms with E-state index in [0.717, 1.165) is 31.7 Å². The standard InChI is InChI=1S/C24H19ClN4OS/c25-17-11-9-16(10-12-17)15-29-20-7-3-1-5-18(20)23(28-29)24(30)26-14-13-22-27-19-6-2-4-8-21(19)31-22/h1-12H,13-15H2,(H,26,30). The molecule has 5 nitrogen and oxygen atoms in total. The lowest BCUT2D eigenvalue weighted by molar-refractivity contribution is 0.0950. The van der Waals surface area contributed by atoms with Gasteiger partial charge in [-0.1, -0.05) is 54.1 Å². The smallest absolute Gasteiger partial charge is 0.272 e. The Kier molecular flexibility index (Phi) is 5.40. The molecule has 1 N–H and O–H groups in total. The van der Waals surface area contributed by atoms with Crippen LogP contribution < -0.4 is 5.32 Å². The number of para-hydroxylation sites is 2. The highest BCUT2D eigenvalue weighted by Crippen LogP contribution is 2.22. The van der Waals surface area contributed by atoms with Crippen LogP contribution in [0.3, 0.4) is 0 Å². The maximum atomic E-state index is 12.9. The van der Waals surface area contributed by atoms with Crippen molar-refractivity contribution >= 4 is 50.0 Å². The Hall–Kier alpha value is -3.22. The third-order valence-electron chi connectivity index (χ3n) is 5.08. The Labute approximate surface area is 188 Å². The zero-order chi connectivity index (χ0) is 21.2. The van der Waals surface area contributed by atoms with Crippen molar-refractivity contribution in [3.05, 3.63) is 94.1 Å². The summed E-state index contributed by atoms with van der Waals surface area (Å²) in [6, 6.07) is 23.5. The summed E-state index contributed by atoms with van der Waals surface area (Å²) in [5.41, 5.74) is 3.43. The second kappa shape index (κ2) is 8.49. The van der Waals surface area contributed by atoms with Crippen molar-refractivity contribution in [3.8, 4) is 0 Å². The van der Waals surface area contributed by atoms with Crippen LogP contribution >= 0.6 is 22.9 Å². The normalized spacial score (nSPS) is 11.3.